The molecule has 0 aliphatic rings. The van der Waals surface area contributed by atoms with E-state index in [2.05, 4.69) is 43.8 Å². The van der Waals surface area contributed by atoms with Crippen molar-refractivity contribution in [3.63, 3.8) is 0 Å². The average Bonchev–Trinajstić information content (AvgIpc) is 2.29. The summed E-state index contributed by atoms with van der Waals surface area (Å²) in [5.41, 5.74) is 0.948. The van der Waals surface area contributed by atoms with Gasteiger partial charge in [-0.2, -0.15) is 0 Å². The smallest absolute Gasteiger partial charge is 0.223 e. The molecule has 0 fully saturated rings. The average molecular weight is 335 g/mol. The molecule has 0 amide bonds. The SMILES string of the molecule is CC(C)(C)[Si](C)(C)OCCCCc1cnc(Cl)nc1Cl. The van der Waals surface area contributed by atoms with Crippen molar-refractivity contribution in [1.82, 2.24) is 9.97 Å². The van der Waals surface area contributed by atoms with Gasteiger partial charge in [0.2, 0.25) is 5.28 Å². The fourth-order valence-electron chi connectivity index (χ4n) is 1.50. The quantitative estimate of drug-likeness (QED) is 0.313. The first-order valence-electron chi connectivity index (χ1n) is 6.94. The Labute approximate surface area is 133 Å². The van der Waals surface area contributed by atoms with Crippen LogP contribution in [0.25, 0.3) is 0 Å². The summed E-state index contributed by atoms with van der Waals surface area (Å²) in [7, 11) is -1.62. The largest absolute Gasteiger partial charge is 0.417 e. The number of rotatable bonds is 6. The second-order valence-electron chi connectivity index (χ2n) is 6.52. The fraction of sp³-hybridized carbons (Fsp3) is 0.714. The molecule has 114 valence electrons. The van der Waals surface area contributed by atoms with E-state index >= 15 is 0 Å². The van der Waals surface area contributed by atoms with Crippen LogP contribution in [-0.2, 0) is 10.8 Å². The Kier molecular flexibility index (Phi) is 6.45. The Hall–Kier alpha value is -0.163. The minimum Gasteiger partial charge on any atom is -0.417 e. The maximum Gasteiger partial charge on any atom is 0.223 e. The summed E-state index contributed by atoms with van der Waals surface area (Å²) in [5.74, 6) is 0. The minimum atomic E-state index is -1.62. The van der Waals surface area contributed by atoms with E-state index in [1.54, 1.807) is 6.20 Å². The Morgan fingerprint density at radius 1 is 1.20 bits per heavy atom. The number of aromatic nitrogens is 2. The van der Waals surface area contributed by atoms with Gasteiger partial charge in [-0.3, -0.25) is 0 Å². The summed E-state index contributed by atoms with van der Waals surface area (Å²) < 4.78 is 6.13. The van der Waals surface area contributed by atoms with Crippen LogP contribution in [0.15, 0.2) is 6.20 Å². The van der Waals surface area contributed by atoms with E-state index in [0.717, 1.165) is 31.4 Å². The molecule has 3 nitrogen and oxygen atoms in total. The molecule has 0 atom stereocenters. The van der Waals surface area contributed by atoms with Crippen LogP contribution in [0.3, 0.4) is 0 Å². The van der Waals surface area contributed by atoms with E-state index in [1.807, 2.05) is 0 Å². The zero-order valence-electron chi connectivity index (χ0n) is 13.0. The molecule has 0 N–H and O–H groups in total. The van der Waals surface area contributed by atoms with Crippen LogP contribution in [0.5, 0.6) is 0 Å². The Bertz CT molecular complexity index is 447. The molecule has 0 aliphatic heterocycles. The standard InChI is InChI=1S/C14H24Cl2N2OSi/c1-14(2,3)20(4,5)19-9-7-6-8-11-10-17-13(16)18-12(11)15/h10H,6-9H2,1-5H3. The first kappa shape index (κ1) is 17.9. The molecule has 1 rings (SSSR count). The van der Waals surface area contributed by atoms with Crippen molar-refractivity contribution in [2.75, 3.05) is 6.61 Å². The topological polar surface area (TPSA) is 35.0 Å². The van der Waals surface area contributed by atoms with Crippen molar-refractivity contribution >= 4 is 31.5 Å². The molecule has 0 saturated heterocycles. The van der Waals surface area contributed by atoms with Gasteiger partial charge in [0.1, 0.15) is 5.15 Å². The molecular formula is C14H24Cl2N2OSi. The van der Waals surface area contributed by atoms with Crippen molar-refractivity contribution in [3.05, 3.63) is 22.2 Å². The normalized spacial score (nSPS) is 12.8. The summed E-state index contributed by atoms with van der Waals surface area (Å²) in [4.78, 5) is 7.90. The number of hydrogen-bond acceptors (Lipinski definition) is 3. The molecular weight excluding hydrogens is 311 g/mol. The van der Waals surface area contributed by atoms with Crippen LogP contribution in [-0.4, -0.2) is 24.9 Å². The zero-order valence-corrected chi connectivity index (χ0v) is 15.5. The maximum atomic E-state index is 6.13. The summed E-state index contributed by atoms with van der Waals surface area (Å²) in [6.45, 7) is 12.1. The van der Waals surface area contributed by atoms with Gasteiger partial charge < -0.3 is 4.43 Å². The van der Waals surface area contributed by atoms with Gasteiger partial charge in [0.25, 0.3) is 0 Å². The molecule has 0 aliphatic carbocycles. The Balaban J connectivity index is 2.32. The predicted octanol–water partition coefficient (Wildman–Crippen LogP) is 5.13. The molecule has 1 aromatic heterocycles. The first-order chi connectivity index (χ1) is 9.13. The molecule has 0 radical (unpaired) electrons. The van der Waals surface area contributed by atoms with Crippen molar-refractivity contribution < 1.29 is 4.43 Å². The van der Waals surface area contributed by atoms with E-state index in [1.165, 1.54) is 0 Å². The zero-order chi connectivity index (χ0) is 15.4. The van der Waals surface area contributed by atoms with E-state index < -0.39 is 8.32 Å². The lowest BCUT2D eigenvalue weighted by atomic mass is 10.1. The number of hydrogen-bond donors (Lipinski definition) is 0. The van der Waals surface area contributed by atoms with Gasteiger partial charge in [-0.15, -0.1) is 0 Å². The van der Waals surface area contributed by atoms with Gasteiger partial charge in [-0.05, 0) is 49.0 Å². The monoisotopic (exact) mass is 334 g/mol. The van der Waals surface area contributed by atoms with E-state index in [4.69, 9.17) is 27.6 Å². The predicted molar refractivity (Wildman–Crippen MR) is 88.1 cm³/mol. The second-order valence-corrected chi connectivity index (χ2v) is 12.0. The van der Waals surface area contributed by atoms with E-state index in [9.17, 15) is 0 Å². The lowest BCUT2D eigenvalue weighted by molar-refractivity contribution is 0.279. The molecule has 1 aromatic rings. The Morgan fingerprint density at radius 2 is 1.85 bits per heavy atom. The third-order valence-corrected chi connectivity index (χ3v) is 8.94. The molecule has 20 heavy (non-hydrogen) atoms. The van der Waals surface area contributed by atoms with Crippen LogP contribution in [0, 0.1) is 0 Å². The van der Waals surface area contributed by atoms with Crippen LogP contribution in [0.4, 0.5) is 0 Å². The van der Waals surface area contributed by atoms with E-state index in [0.29, 0.717) is 5.15 Å². The van der Waals surface area contributed by atoms with Crippen LogP contribution in [0.1, 0.15) is 39.2 Å². The number of nitrogens with zero attached hydrogens (tertiary/aromatic N) is 2. The minimum absolute atomic E-state index is 0.194. The van der Waals surface area contributed by atoms with E-state index in [-0.39, 0.29) is 10.3 Å². The van der Waals surface area contributed by atoms with Gasteiger partial charge in [-0.25, -0.2) is 9.97 Å². The molecule has 1 heterocycles. The van der Waals surface area contributed by atoms with Gasteiger partial charge in [0, 0.05) is 18.4 Å². The molecule has 0 aromatic carbocycles. The molecule has 0 spiro atoms. The van der Waals surface area contributed by atoms with Gasteiger partial charge in [0.05, 0.1) is 0 Å². The number of aryl methyl sites for hydroxylation is 1. The highest BCUT2D eigenvalue weighted by Crippen LogP contribution is 2.36. The number of unbranched alkanes of at least 4 members (excludes halogenated alkanes) is 1. The molecule has 0 bridgehead atoms. The fourth-order valence-corrected chi connectivity index (χ4v) is 2.98. The number of halogens is 2. The van der Waals surface area contributed by atoms with Gasteiger partial charge in [0.15, 0.2) is 8.32 Å². The van der Waals surface area contributed by atoms with Crippen molar-refractivity contribution in [2.45, 2.75) is 58.2 Å². The summed E-state index contributed by atoms with van der Waals surface area (Å²) in [5, 5.41) is 0.913. The second kappa shape index (κ2) is 7.21. The molecule has 6 heteroatoms. The summed E-state index contributed by atoms with van der Waals surface area (Å²) in [6.07, 6.45) is 4.59. The Morgan fingerprint density at radius 3 is 2.40 bits per heavy atom. The summed E-state index contributed by atoms with van der Waals surface area (Å²) >= 11 is 11.7. The van der Waals surface area contributed by atoms with Crippen LogP contribution < -0.4 is 0 Å². The highest BCUT2D eigenvalue weighted by molar-refractivity contribution is 6.74. The van der Waals surface area contributed by atoms with Gasteiger partial charge >= 0.3 is 0 Å². The molecule has 0 saturated carbocycles. The summed E-state index contributed by atoms with van der Waals surface area (Å²) in [6, 6.07) is 0. The van der Waals surface area contributed by atoms with Crippen LogP contribution >= 0.6 is 23.2 Å². The lowest BCUT2D eigenvalue weighted by Crippen LogP contribution is -2.40. The van der Waals surface area contributed by atoms with Crippen molar-refractivity contribution in [1.29, 1.82) is 0 Å². The first-order valence-corrected chi connectivity index (χ1v) is 10.6. The van der Waals surface area contributed by atoms with Gasteiger partial charge in [-0.1, -0.05) is 32.4 Å². The highest BCUT2D eigenvalue weighted by atomic mass is 35.5. The molecule has 0 unspecified atom stereocenters. The lowest BCUT2D eigenvalue weighted by Gasteiger charge is -2.36. The van der Waals surface area contributed by atoms with Crippen molar-refractivity contribution in [3.8, 4) is 0 Å². The van der Waals surface area contributed by atoms with Crippen LogP contribution in [0.2, 0.25) is 28.6 Å². The van der Waals surface area contributed by atoms with Crippen molar-refractivity contribution in [2.24, 2.45) is 0 Å². The third-order valence-electron chi connectivity index (χ3n) is 3.89. The highest BCUT2D eigenvalue weighted by Gasteiger charge is 2.36. The third kappa shape index (κ3) is 5.32. The maximum absolute atomic E-state index is 6.13.